The van der Waals surface area contributed by atoms with Gasteiger partial charge in [0.25, 0.3) is 5.56 Å². The highest BCUT2D eigenvalue weighted by atomic mass is 16.2. The largest absolute Gasteiger partial charge is 0.383 e. The lowest BCUT2D eigenvalue weighted by molar-refractivity contribution is -0.119. The van der Waals surface area contributed by atoms with Crippen molar-refractivity contribution in [3.8, 4) is 0 Å². The lowest BCUT2D eigenvalue weighted by atomic mass is 10.0. The molecule has 27 heavy (non-hydrogen) atoms. The Kier molecular flexibility index (Phi) is 6.98. The Morgan fingerprint density at radius 2 is 1.67 bits per heavy atom. The quantitative estimate of drug-likeness (QED) is 0.742. The third-order valence-electron chi connectivity index (χ3n) is 4.44. The number of benzene rings is 1. The van der Waals surface area contributed by atoms with Gasteiger partial charge in [0, 0.05) is 19.0 Å². The molecular formula is C20H28N4O3. The molecule has 1 atom stereocenters. The fraction of sp³-hybridized carbons (Fsp3) is 0.450. The highest BCUT2D eigenvalue weighted by Crippen LogP contribution is 2.15. The minimum Gasteiger partial charge on any atom is -0.383 e. The predicted octanol–water partition coefficient (Wildman–Crippen LogP) is 2.23. The molecule has 0 aliphatic heterocycles. The second kappa shape index (κ2) is 9.21. The molecule has 1 unspecified atom stereocenters. The third-order valence-corrected chi connectivity index (χ3v) is 4.44. The van der Waals surface area contributed by atoms with Gasteiger partial charge in [-0.05, 0) is 24.8 Å². The van der Waals surface area contributed by atoms with E-state index in [2.05, 4.69) is 5.32 Å². The van der Waals surface area contributed by atoms with Crippen LogP contribution in [-0.2, 0) is 24.3 Å². The number of hydrogen-bond acceptors (Lipinski definition) is 4. The summed E-state index contributed by atoms with van der Waals surface area (Å²) in [5.74, 6) is -0.635. The molecular weight excluding hydrogens is 344 g/mol. The molecule has 7 nitrogen and oxygen atoms in total. The van der Waals surface area contributed by atoms with Gasteiger partial charge in [-0.25, -0.2) is 4.79 Å². The zero-order valence-electron chi connectivity index (χ0n) is 16.2. The molecule has 0 saturated heterocycles. The molecule has 2 aromatic rings. The molecule has 0 spiro atoms. The molecule has 146 valence electrons. The normalized spacial score (nSPS) is 12.0. The molecule has 0 radical (unpaired) electrons. The highest BCUT2D eigenvalue weighted by molar-refractivity contribution is 5.94. The van der Waals surface area contributed by atoms with Gasteiger partial charge in [-0.3, -0.25) is 18.7 Å². The average Bonchev–Trinajstić information content (AvgIpc) is 2.66. The molecule has 0 aliphatic carbocycles. The van der Waals surface area contributed by atoms with Crippen molar-refractivity contribution in [1.82, 2.24) is 9.13 Å². The van der Waals surface area contributed by atoms with Crippen LogP contribution in [0.25, 0.3) is 0 Å². The first kappa shape index (κ1) is 20.5. The maximum absolute atomic E-state index is 12.7. The topological polar surface area (TPSA) is 99.1 Å². The zero-order chi connectivity index (χ0) is 20.0. The van der Waals surface area contributed by atoms with Crippen LogP contribution >= 0.6 is 0 Å². The molecule has 1 aromatic carbocycles. The van der Waals surface area contributed by atoms with Gasteiger partial charge in [0.2, 0.25) is 5.91 Å². The number of nitrogens with zero attached hydrogens (tertiary/aromatic N) is 2. The summed E-state index contributed by atoms with van der Waals surface area (Å²) in [5.41, 5.74) is 6.11. The molecule has 0 fully saturated rings. The summed E-state index contributed by atoms with van der Waals surface area (Å²) < 4.78 is 2.50. The van der Waals surface area contributed by atoms with Gasteiger partial charge in [0.1, 0.15) is 11.5 Å². The Morgan fingerprint density at radius 3 is 2.26 bits per heavy atom. The number of rotatable bonds is 8. The number of nitrogens with two attached hydrogens (primary N) is 1. The van der Waals surface area contributed by atoms with Crippen LogP contribution < -0.4 is 22.3 Å². The van der Waals surface area contributed by atoms with E-state index < -0.39 is 11.2 Å². The summed E-state index contributed by atoms with van der Waals surface area (Å²) in [7, 11) is 0. The number of carbonyl (C=O) groups is 1. The minimum absolute atomic E-state index is 0.0126. The second-order valence-corrected chi connectivity index (χ2v) is 6.73. The van der Waals surface area contributed by atoms with E-state index in [1.165, 1.54) is 4.57 Å². The lowest BCUT2D eigenvalue weighted by Crippen LogP contribution is -2.43. The van der Waals surface area contributed by atoms with Crippen molar-refractivity contribution in [3.63, 3.8) is 0 Å². The van der Waals surface area contributed by atoms with E-state index in [0.29, 0.717) is 25.8 Å². The zero-order valence-corrected chi connectivity index (χ0v) is 16.2. The van der Waals surface area contributed by atoms with Crippen molar-refractivity contribution in [3.05, 3.63) is 56.7 Å². The maximum atomic E-state index is 12.7. The summed E-state index contributed by atoms with van der Waals surface area (Å²) in [6.45, 7) is 6.26. The molecule has 0 aliphatic rings. The van der Waals surface area contributed by atoms with Gasteiger partial charge in [0.15, 0.2) is 0 Å². The number of nitrogen functional groups attached to an aromatic ring is 1. The van der Waals surface area contributed by atoms with Crippen LogP contribution in [0.4, 0.5) is 11.5 Å². The number of amides is 1. The van der Waals surface area contributed by atoms with E-state index in [1.807, 2.05) is 44.2 Å². The van der Waals surface area contributed by atoms with Crippen LogP contribution in [0.3, 0.4) is 0 Å². The predicted molar refractivity (Wildman–Crippen MR) is 108 cm³/mol. The molecule has 2 rings (SSSR count). The fourth-order valence-electron chi connectivity index (χ4n) is 3.00. The van der Waals surface area contributed by atoms with Crippen LogP contribution in [0, 0.1) is 5.92 Å². The van der Waals surface area contributed by atoms with Crippen LogP contribution in [0.15, 0.2) is 39.9 Å². The minimum atomic E-state index is -0.549. The lowest BCUT2D eigenvalue weighted by Gasteiger charge is -2.18. The van der Waals surface area contributed by atoms with Gasteiger partial charge in [-0.15, -0.1) is 0 Å². The van der Waals surface area contributed by atoms with Crippen molar-refractivity contribution in [1.29, 1.82) is 0 Å². The van der Waals surface area contributed by atoms with E-state index in [9.17, 15) is 14.4 Å². The first-order valence-electron chi connectivity index (χ1n) is 9.38. The van der Waals surface area contributed by atoms with Crippen molar-refractivity contribution in [2.24, 2.45) is 5.92 Å². The number of nitrogens with one attached hydrogen (secondary N) is 1. The van der Waals surface area contributed by atoms with E-state index in [1.54, 1.807) is 6.92 Å². The summed E-state index contributed by atoms with van der Waals surface area (Å²) in [5, 5.41) is 2.67. The van der Waals surface area contributed by atoms with Crippen molar-refractivity contribution >= 4 is 17.4 Å². The SMILES string of the molecule is CCCn1c(N)c(NC(=O)C(C)Cc2ccccc2)c(=O)n(CCC)c1=O. The van der Waals surface area contributed by atoms with E-state index >= 15 is 0 Å². The van der Waals surface area contributed by atoms with Gasteiger partial charge in [-0.2, -0.15) is 0 Å². The smallest absolute Gasteiger partial charge is 0.332 e. The number of anilines is 2. The monoisotopic (exact) mass is 372 g/mol. The Labute approximate surface area is 158 Å². The molecule has 1 heterocycles. The first-order chi connectivity index (χ1) is 12.9. The Morgan fingerprint density at radius 1 is 1.07 bits per heavy atom. The van der Waals surface area contributed by atoms with Crippen LogP contribution in [-0.4, -0.2) is 15.0 Å². The molecule has 1 amide bonds. The molecule has 1 aromatic heterocycles. The number of carbonyl (C=O) groups excluding carboxylic acids is 1. The van der Waals surface area contributed by atoms with Gasteiger partial charge < -0.3 is 11.1 Å². The number of aromatic nitrogens is 2. The van der Waals surface area contributed by atoms with E-state index in [4.69, 9.17) is 5.73 Å². The summed E-state index contributed by atoms with van der Waals surface area (Å²) in [6, 6.07) is 9.66. The second-order valence-electron chi connectivity index (χ2n) is 6.73. The Hall–Kier alpha value is -2.83. The first-order valence-corrected chi connectivity index (χ1v) is 9.38. The van der Waals surface area contributed by atoms with Crippen molar-refractivity contribution < 1.29 is 4.79 Å². The summed E-state index contributed by atoms with van der Waals surface area (Å²) in [6.07, 6.45) is 1.86. The molecule has 7 heteroatoms. The summed E-state index contributed by atoms with van der Waals surface area (Å²) >= 11 is 0. The maximum Gasteiger partial charge on any atom is 0.332 e. The standard InChI is InChI=1S/C20H28N4O3/c1-4-11-23-17(21)16(19(26)24(12-5-2)20(23)27)22-18(25)14(3)13-15-9-7-6-8-10-15/h6-10,14H,4-5,11-13,21H2,1-3H3,(H,22,25). The Balaban J connectivity index is 2.35. The van der Waals surface area contributed by atoms with Crippen molar-refractivity contribution in [2.75, 3.05) is 11.1 Å². The van der Waals surface area contributed by atoms with Crippen molar-refractivity contribution in [2.45, 2.75) is 53.1 Å². The van der Waals surface area contributed by atoms with E-state index in [-0.39, 0.29) is 29.9 Å². The Bertz CT molecular complexity index is 900. The molecule has 0 bridgehead atoms. The fourth-order valence-corrected chi connectivity index (χ4v) is 3.00. The number of hydrogen-bond donors (Lipinski definition) is 2. The third kappa shape index (κ3) is 4.67. The molecule has 0 saturated carbocycles. The highest BCUT2D eigenvalue weighted by Gasteiger charge is 2.21. The van der Waals surface area contributed by atoms with Crippen LogP contribution in [0.2, 0.25) is 0 Å². The molecule has 3 N–H and O–H groups in total. The van der Waals surface area contributed by atoms with Crippen LogP contribution in [0.1, 0.15) is 39.2 Å². The van der Waals surface area contributed by atoms with Gasteiger partial charge >= 0.3 is 5.69 Å². The van der Waals surface area contributed by atoms with E-state index in [0.717, 1.165) is 10.1 Å². The van der Waals surface area contributed by atoms with Gasteiger partial charge in [0.05, 0.1) is 0 Å². The average molecular weight is 372 g/mol. The summed E-state index contributed by atoms with van der Waals surface area (Å²) in [4.78, 5) is 37.9. The van der Waals surface area contributed by atoms with Crippen LogP contribution in [0.5, 0.6) is 0 Å². The van der Waals surface area contributed by atoms with Gasteiger partial charge in [-0.1, -0.05) is 51.1 Å².